The summed E-state index contributed by atoms with van der Waals surface area (Å²) in [6.07, 6.45) is 1.41. The summed E-state index contributed by atoms with van der Waals surface area (Å²) in [6, 6.07) is 26.9. The Bertz CT molecular complexity index is 4150. The number of piperidine rings is 1. The molecule has 1 saturated heterocycles. The summed E-state index contributed by atoms with van der Waals surface area (Å²) in [7, 11) is 2.78. The quantitative estimate of drug-likeness (QED) is 0.0526. The van der Waals surface area contributed by atoms with E-state index in [4.69, 9.17) is 9.47 Å². The number of nitrogens with zero attached hydrogens (tertiary/aromatic N) is 1. The lowest BCUT2D eigenvalue weighted by Crippen LogP contribution is -2.45. The van der Waals surface area contributed by atoms with E-state index in [1.165, 1.54) is 61.6 Å². The number of rotatable bonds is 18. The molecule has 28 heteroatoms. The van der Waals surface area contributed by atoms with E-state index in [-0.39, 0.29) is 35.1 Å². The number of alkyl halides is 6. The average Bonchev–Trinajstić information content (AvgIpc) is 1.60. The van der Waals surface area contributed by atoms with Crippen molar-refractivity contribution in [2.24, 2.45) is 5.92 Å². The highest BCUT2D eigenvalue weighted by Gasteiger charge is 2.47. The zero-order valence-electron chi connectivity index (χ0n) is 50.7. The molecular formula is C67H57F13N6O8S. The van der Waals surface area contributed by atoms with Crippen LogP contribution in [0.5, 0.6) is 11.5 Å². The summed E-state index contributed by atoms with van der Waals surface area (Å²) in [6.45, 7) is 5.51. The molecule has 0 atom stereocenters. The maximum atomic E-state index is 14.9. The molecule has 7 aromatic carbocycles. The number of amides is 6. The van der Waals surface area contributed by atoms with Gasteiger partial charge in [-0.15, -0.1) is 11.3 Å². The number of carbonyl (C=O) groups excluding carboxylic acids is 6. The molecule has 0 spiro atoms. The Kier molecular flexibility index (Phi) is 23.6. The van der Waals surface area contributed by atoms with Crippen LogP contribution in [0.4, 0.5) is 74.1 Å². The van der Waals surface area contributed by atoms with E-state index in [9.17, 15) is 85.8 Å². The summed E-state index contributed by atoms with van der Waals surface area (Å²) in [5.74, 6) is -26.4. The van der Waals surface area contributed by atoms with Gasteiger partial charge in [0.05, 0.1) is 35.1 Å². The van der Waals surface area contributed by atoms with Crippen molar-refractivity contribution < 1.29 is 95.3 Å². The van der Waals surface area contributed by atoms with E-state index in [1.54, 1.807) is 31.2 Å². The fourth-order valence-corrected chi connectivity index (χ4v) is 9.82. The number of ether oxygens (including phenoxy) is 2. The Hall–Kier alpha value is -10.3. The fraction of sp³-hybridized carbons (Fsp3) is 0.224. The van der Waals surface area contributed by atoms with Gasteiger partial charge in [0, 0.05) is 78.1 Å². The summed E-state index contributed by atoms with van der Waals surface area (Å²) in [5, 5.41) is 11.0. The van der Waals surface area contributed by atoms with Gasteiger partial charge < -0.3 is 41.0 Å². The monoisotopic (exact) mass is 1350 g/mol. The lowest BCUT2D eigenvalue weighted by atomic mass is 9.99. The molecule has 14 nitrogen and oxygen atoms in total. The minimum Gasteiger partial charge on any atom is -0.497 e. The van der Waals surface area contributed by atoms with Crippen molar-refractivity contribution in [1.82, 2.24) is 15.5 Å². The molecule has 2 heterocycles. The lowest BCUT2D eigenvalue weighted by molar-refractivity contribution is -0.160. The topological polar surface area (TPSA) is 184 Å². The number of anilines is 3. The van der Waals surface area contributed by atoms with Crippen molar-refractivity contribution in [3.05, 3.63) is 241 Å². The molecule has 6 amide bonds. The van der Waals surface area contributed by atoms with Crippen LogP contribution in [-0.2, 0) is 45.2 Å². The second-order valence-electron chi connectivity index (χ2n) is 21.4. The minimum atomic E-state index is -4.35. The molecule has 0 saturated carbocycles. The summed E-state index contributed by atoms with van der Waals surface area (Å²) >= 11 is 0.584. The van der Waals surface area contributed by atoms with Crippen molar-refractivity contribution in [2.45, 2.75) is 64.5 Å². The summed E-state index contributed by atoms with van der Waals surface area (Å²) in [4.78, 5) is 74.5. The molecule has 5 N–H and O–H groups in total. The van der Waals surface area contributed by atoms with Crippen LogP contribution >= 0.6 is 11.3 Å². The van der Waals surface area contributed by atoms with Crippen molar-refractivity contribution >= 4 is 63.8 Å². The van der Waals surface area contributed by atoms with Gasteiger partial charge in [-0.05, 0) is 147 Å². The number of likely N-dealkylation sites (tertiary alicyclic amines) is 1. The van der Waals surface area contributed by atoms with E-state index in [2.05, 4.69) is 21.3 Å². The number of methoxy groups -OCH3 is 2. The Morgan fingerprint density at radius 3 is 1.45 bits per heavy atom. The van der Waals surface area contributed by atoms with Gasteiger partial charge in [0.15, 0.2) is 23.3 Å². The van der Waals surface area contributed by atoms with Crippen LogP contribution in [0.25, 0.3) is 0 Å². The van der Waals surface area contributed by atoms with Crippen molar-refractivity contribution in [2.75, 3.05) is 43.3 Å². The number of benzene rings is 7. The van der Waals surface area contributed by atoms with Crippen LogP contribution in [0, 0.1) is 60.5 Å². The minimum absolute atomic E-state index is 0.0525. The molecular weight excluding hydrogens is 1300 g/mol. The number of hydrogen-bond acceptors (Lipinski definition) is 9. The number of nitrogens with one attached hydrogen (secondary N) is 5. The third kappa shape index (κ3) is 18.3. The van der Waals surface area contributed by atoms with Gasteiger partial charge in [0.2, 0.25) is 0 Å². The first-order valence-corrected chi connectivity index (χ1v) is 29.2. The van der Waals surface area contributed by atoms with E-state index in [0.717, 1.165) is 48.0 Å². The van der Waals surface area contributed by atoms with Crippen molar-refractivity contribution in [3.63, 3.8) is 0 Å². The molecule has 500 valence electrons. The predicted octanol–water partition coefficient (Wildman–Crippen LogP) is 14.7. The highest BCUT2D eigenvalue weighted by atomic mass is 32.1. The SMILES string of the molecule is COc1ccc(CNC(=O)C(F)(F)c2cc(C(=O)Nc3ccc(F)c(F)c3)ccc2F)c(OC)c1.Cc1cc(NC(=O)c2ccc(C(F)(F)C(=O)N3CCC(C)CC3)s2)ccc1F.Cc1ccc(CNC(=O)C(F)(F)c2cc(C(=O)Nc3ccc(F)c(F)c3)ccc2F)cc1. The first-order valence-electron chi connectivity index (χ1n) is 28.4. The molecule has 9 rings (SSSR count). The highest BCUT2D eigenvalue weighted by molar-refractivity contribution is 7.14. The number of halogens is 13. The number of carbonyl (C=O) groups is 6. The molecule has 1 aliphatic heterocycles. The van der Waals surface area contributed by atoms with Crippen LogP contribution in [-0.4, -0.2) is 67.7 Å². The molecule has 1 aromatic heterocycles. The van der Waals surface area contributed by atoms with Crippen LogP contribution < -0.4 is 36.1 Å². The zero-order valence-corrected chi connectivity index (χ0v) is 51.5. The molecule has 0 radical (unpaired) electrons. The van der Waals surface area contributed by atoms with Gasteiger partial charge in [0.25, 0.3) is 35.4 Å². The van der Waals surface area contributed by atoms with E-state index in [1.807, 2.05) is 19.2 Å². The standard InChI is InChI=1S/C24H19F5N2O4.C23H17F5N2O2.C20H21F3N2O2S/c1-34-16-6-3-14(21(11-16)35-2)12-30-23(33)24(28,29)17-9-13(4-7-18(17)25)22(32)31-15-5-8-19(26)20(27)10-15;1-13-2-4-14(5-3-13)12-29-22(32)23(27,28)17-10-15(6-8-18(17)24)21(31)30-16-7-9-19(25)20(26)11-16;1-12-7-9-25(10-8-12)19(27)20(22,23)17-6-5-16(28-17)18(26)24-14-3-4-15(21)13(2)11-14/h3-11H,12H2,1-2H3,(H,30,33)(H,31,32);2-11H,12H2,1H3,(H,29,32)(H,30,31);3-6,11-12H,7-10H2,1-2H3,(H,24,26). The molecule has 0 aliphatic carbocycles. The fourth-order valence-electron chi connectivity index (χ4n) is 8.96. The Balaban J connectivity index is 0.000000203. The number of thiophene rings is 1. The second-order valence-corrected chi connectivity index (χ2v) is 22.4. The first kappa shape index (κ1) is 72.2. The van der Waals surface area contributed by atoms with Gasteiger partial charge >= 0.3 is 17.8 Å². The third-order valence-corrected chi connectivity index (χ3v) is 15.6. The second kappa shape index (κ2) is 31.1. The Morgan fingerprint density at radius 2 is 0.968 bits per heavy atom. The molecule has 0 unspecified atom stereocenters. The average molecular weight is 1350 g/mol. The predicted molar refractivity (Wildman–Crippen MR) is 326 cm³/mol. The molecule has 1 fully saturated rings. The van der Waals surface area contributed by atoms with Crippen LogP contribution in [0.1, 0.15) is 88.4 Å². The van der Waals surface area contributed by atoms with Crippen LogP contribution in [0.2, 0.25) is 0 Å². The van der Waals surface area contributed by atoms with Gasteiger partial charge in [-0.25, -0.2) is 30.7 Å². The van der Waals surface area contributed by atoms with Gasteiger partial charge in [-0.2, -0.15) is 26.3 Å². The van der Waals surface area contributed by atoms with E-state index < -0.39 is 121 Å². The van der Waals surface area contributed by atoms with Gasteiger partial charge in [0.1, 0.15) is 29.0 Å². The number of aryl methyl sites for hydroxylation is 2. The first-order chi connectivity index (χ1) is 44.8. The van der Waals surface area contributed by atoms with Gasteiger partial charge in [-0.3, -0.25) is 28.8 Å². The van der Waals surface area contributed by atoms with E-state index >= 15 is 0 Å². The van der Waals surface area contributed by atoms with E-state index in [0.29, 0.717) is 108 Å². The summed E-state index contributed by atoms with van der Waals surface area (Å²) < 4.78 is 193. The largest absolute Gasteiger partial charge is 0.497 e. The van der Waals surface area contributed by atoms with Gasteiger partial charge in [-0.1, -0.05) is 36.8 Å². The lowest BCUT2D eigenvalue weighted by Gasteiger charge is -2.32. The maximum Gasteiger partial charge on any atom is 0.358 e. The smallest absolute Gasteiger partial charge is 0.358 e. The molecule has 8 aromatic rings. The normalized spacial score (nSPS) is 12.4. The molecule has 1 aliphatic rings. The Morgan fingerprint density at radius 1 is 0.495 bits per heavy atom. The van der Waals surface area contributed by atoms with Crippen molar-refractivity contribution in [1.29, 1.82) is 0 Å². The maximum absolute atomic E-state index is 14.9. The zero-order chi connectivity index (χ0) is 69.7. The van der Waals surface area contributed by atoms with Crippen LogP contribution in [0.3, 0.4) is 0 Å². The van der Waals surface area contributed by atoms with Crippen molar-refractivity contribution in [3.8, 4) is 11.5 Å². The molecule has 0 bridgehead atoms. The third-order valence-electron chi connectivity index (χ3n) is 14.5. The van der Waals surface area contributed by atoms with Crippen LogP contribution in [0.15, 0.2) is 146 Å². The Labute approximate surface area is 538 Å². The highest BCUT2D eigenvalue weighted by Crippen LogP contribution is 2.38. The summed E-state index contributed by atoms with van der Waals surface area (Å²) in [5.41, 5.74) is -1.16. The number of hydrogen-bond donors (Lipinski definition) is 5. The molecule has 95 heavy (non-hydrogen) atoms.